The number of hydrogen-bond acceptors (Lipinski definition) is 4. The van der Waals surface area contributed by atoms with Crippen LogP contribution < -0.4 is 4.90 Å². The van der Waals surface area contributed by atoms with E-state index in [0.717, 1.165) is 4.90 Å². The van der Waals surface area contributed by atoms with Crippen LogP contribution in [0.4, 0.5) is 14.5 Å². The minimum atomic E-state index is -3.35. The molecule has 1 aromatic carbocycles. The van der Waals surface area contributed by atoms with E-state index in [0.29, 0.717) is 5.56 Å². The Balaban J connectivity index is 2.28. The molecule has 0 N–H and O–H groups in total. The van der Waals surface area contributed by atoms with Crippen molar-refractivity contribution in [3.05, 3.63) is 29.8 Å². The van der Waals surface area contributed by atoms with Crippen LogP contribution in [0.2, 0.25) is 0 Å². The highest BCUT2D eigenvalue weighted by molar-refractivity contribution is 7.74. The fraction of sp³-hybridized carbons (Fsp3) is 0.364. The molecule has 1 aliphatic rings. The van der Waals surface area contributed by atoms with Gasteiger partial charge in [0.1, 0.15) is 0 Å². The van der Waals surface area contributed by atoms with E-state index in [1.165, 1.54) is 19.1 Å². The van der Waals surface area contributed by atoms with Crippen molar-refractivity contribution in [2.45, 2.75) is 19.0 Å². The number of halogens is 2. The Labute approximate surface area is 110 Å². The zero-order valence-corrected chi connectivity index (χ0v) is 10.7. The third-order valence-electron chi connectivity index (χ3n) is 2.80. The minimum absolute atomic E-state index is 0.233. The molecule has 8 heteroatoms. The first-order valence-electron chi connectivity index (χ1n) is 5.38. The maximum Gasteiger partial charge on any atom is 0.342 e. The SMILES string of the molecule is CC(OS(=O)[O-])c1ccccc1N1CC(F)(F)C1=O. The van der Waals surface area contributed by atoms with E-state index in [-0.39, 0.29) is 5.69 Å². The fourth-order valence-electron chi connectivity index (χ4n) is 1.89. The lowest BCUT2D eigenvalue weighted by molar-refractivity contribution is -0.152. The van der Waals surface area contributed by atoms with Crippen LogP contribution in [0.15, 0.2) is 24.3 Å². The van der Waals surface area contributed by atoms with Gasteiger partial charge in [0.25, 0.3) is 5.91 Å². The van der Waals surface area contributed by atoms with Crippen LogP contribution in [0.5, 0.6) is 0 Å². The molecule has 0 bridgehead atoms. The van der Waals surface area contributed by atoms with Crippen molar-refractivity contribution in [1.82, 2.24) is 0 Å². The molecule has 1 aromatic rings. The molecule has 0 radical (unpaired) electrons. The zero-order chi connectivity index (χ0) is 14.2. The van der Waals surface area contributed by atoms with E-state index in [1.54, 1.807) is 12.1 Å². The Bertz CT molecular complexity index is 537. The van der Waals surface area contributed by atoms with Gasteiger partial charge in [-0.25, -0.2) is 4.21 Å². The van der Waals surface area contributed by atoms with Crippen LogP contribution in [0, 0.1) is 0 Å². The standard InChI is InChI=1S/C11H11F2NO4S/c1-7(18-19(16)17)8-4-2-3-5-9(8)14-6-11(12,13)10(14)15/h2-5,7H,6H2,1H3,(H,16,17)/p-1. The molecule has 1 amide bonds. The molecule has 5 nitrogen and oxygen atoms in total. The lowest BCUT2D eigenvalue weighted by Gasteiger charge is -2.39. The lowest BCUT2D eigenvalue weighted by Crippen LogP contribution is -2.62. The van der Waals surface area contributed by atoms with Gasteiger partial charge in [-0.1, -0.05) is 18.2 Å². The molecule has 1 saturated heterocycles. The van der Waals surface area contributed by atoms with Crippen molar-refractivity contribution in [2.75, 3.05) is 11.4 Å². The number of rotatable bonds is 4. The zero-order valence-electron chi connectivity index (χ0n) is 9.84. The smallest absolute Gasteiger partial charge is 0.342 e. The number of nitrogens with zero attached hydrogens (tertiary/aromatic N) is 1. The quantitative estimate of drug-likeness (QED) is 0.623. The van der Waals surface area contributed by atoms with Crippen molar-refractivity contribution < 1.29 is 26.5 Å². The second-order valence-electron chi connectivity index (χ2n) is 4.10. The van der Waals surface area contributed by atoms with Gasteiger partial charge < -0.3 is 9.45 Å². The Morgan fingerprint density at radius 1 is 1.47 bits per heavy atom. The first kappa shape index (κ1) is 14.0. The molecular weight excluding hydrogens is 280 g/mol. The van der Waals surface area contributed by atoms with E-state index in [9.17, 15) is 22.3 Å². The molecule has 2 atom stereocenters. The summed E-state index contributed by atoms with van der Waals surface area (Å²) in [5, 5.41) is 0. The number of anilines is 1. The van der Waals surface area contributed by atoms with Crippen molar-refractivity contribution in [2.24, 2.45) is 0 Å². The summed E-state index contributed by atoms with van der Waals surface area (Å²) in [5.41, 5.74) is 0.590. The predicted octanol–water partition coefficient (Wildman–Crippen LogP) is 1.54. The number of hydrogen-bond donors (Lipinski definition) is 0. The van der Waals surface area contributed by atoms with Gasteiger partial charge in [-0.2, -0.15) is 8.78 Å². The Morgan fingerprint density at radius 2 is 2.11 bits per heavy atom. The van der Waals surface area contributed by atoms with Gasteiger partial charge in [0, 0.05) is 11.3 Å². The molecule has 0 spiro atoms. The van der Waals surface area contributed by atoms with E-state index in [1.807, 2.05) is 0 Å². The van der Waals surface area contributed by atoms with E-state index >= 15 is 0 Å². The summed E-state index contributed by atoms with van der Waals surface area (Å²) >= 11 is -2.73. The van der Waals surface area contributed by atoms with E-state index in [2.05, 4.69) is 4.18 Å². The largest absolute Gasteiger partial charge is 0.750 e. The molecule has 2 unspecified atom stereocenters. The van der Waals surface area contributed by atoms with Gasteiger partial charge in [0.15, 0.2) is 0 Å². The molecular formula is C11H10F2NO4S-. The van der Waals surface area contributed by atoms with Crippen molar-refractivity contribution in [3.8, 4) is 0 Å². The second-order valence-corrected chi connectivity index (χ2v) is 4.70. The van der Waals surface area contributed by atoms with E-state index in [4.69, 9.17) is 0 Å². The molecule has 1 aliphatic heterocycles. The topological polar surface area (TPSA) is 69.7 Å². The van der Waals surface area contributed by atoms with Gasteiger partial charge >= 0.3 is 5.92 Å². The van der Waals surface area contributed by atoms with Crippen molar-refractivity contribution in [3.63, 3.8) is 0 Å². The fourth-order valence-corrected chi connectivity index (χ4v) is 2.22. The van der Waals surface area contributed by atoms with Crippen molar-refractivity contribution in [1.29, 1.82) is 0 Å². The van der Waals surface area contributed by atoms with Crippen LogP contribution in [-0.2, 0) is 20.3 Å². The summed E-state index contributed by atoms with van der Waals surface area (Å²) in [6.45, 7) is 0.743. The molecule has 19 heavy (non-hydrogen) atoms. The lowest BCUT2D eigenvalue weighted by atomic mass is 10.0. The Kier molecular flexibility index (Phi) is 3.66. The summed E-state index contributed by atoms with van der Waals surface area (Å²) < 4.78 is 51.3. The van der Waals surface area contributed by atoms with Crippen LogP contribution >= 0.6 is 0 Å². The normalized spacial score (nSPS) is 20.8. The summed E-state index contributed by atoms with van der Waals surface area (Å²) in [7, 11) is 0. The van der Waals surface area contributed by atoms with Crippen molar-refractivity contribution >= 4 is 23.0 Å². The van der Waals surface area contributed by atoms with Gasteiger partial charge in [-0.05, 0) is 13.0 Å². The first-order valence-corrected chi connectivity index (χ1v) is 6.38. The van der Waals surface area contributed by atoms with E-state index < -0.39 is 35.8 Å². The van der Waals surface area contributed by atoms with Gasteiger partial charge in [-0.15, -0.1) is 0 Å². The highest BCUT2D eigenvalue weighted by Crippen LogP contribution is 2.37. The number of carbonyl (C=O) groups excluding carboxylic acids is 1. The van der Waals surface area contributed by atoms with Crippen LogP contribution in [0.3, 0.4) is 0 Å². The number of para-hydroxylation sites is 1. The summed E-state index contributed by atoms with van der Waals surface area (Å²) in [5.74, 6) is -4.64. The molecule has 0 saturated carbocycles. The highest BCUT2D eigenvalue weighted by atomic mass is 32.2. The van der Waals surface area contributed by atoms with Crippen LogP contribution in [0.25, 0.3) is 0 Å². The Morgan fingerprint density at radius 3 is 2.63 bits per heavy atom. The summed E-state index contributed by atoms with van der Waals surface area (Å²) in [6, 6.07) is 6.17. The average molecular weight is 290 g/mol. The van der Waals surface area contributed by atoms with Gasteiger partial charge in [0.05, 0.1) is 24.0 Å². The number of β-lactam (4-membered cyclic amide) rings is 1. The number of amides is 1. The number of alkyl halides is 2. The second kappa shape index (κ2) is 4.95. The third kappa shape index (κ3) is 2.65. The summed E-state index contributed by atoms with van der Waals surface area (Å²) in [6.07, 6.45) is -0.864. The molecule has 104 valence electrons. The maximum absolute atomic E-state index is 12.9. The Hall–Kier alpha value is -1.38. The summed E-state index contributed by atoms with van der Waals surface area (Å²) in [4.78, 5) is 12.2. The van der Waals surface area contributed by atoms with Gasteiger partial charge in [-0.3, -0.25) is 8.98 Å². The number of carbonyl (C=O) groups is 1. The maximum atomic E-state index is 12.9. The molecule has 1 fully saturated rings. The number of benzene rings is 1. The molecule has 0 aliphatic carbocycles. The van der Waals surface area contributed by atoms with Gasteiger partial charge in [0.2, 0.25) is 0 Å². The first-order chi connectivity index (χ1) is 8.83. The monoisotopic (exact) mass is 290 g/mol. The highest BCUT2D eigenvalue weighted by Gasteiger charge is 2.55. The average Bonchev–Trinajstić information content (AvgIpc) is 2.35. The molecule has 2 rings (SSSR count). The predicted molar refractivity (Wildman–Crippen MR) is 62.2 cm³/mol. The third-order valence-corrected chi connectivity index (χ3v) is 3.25. The van der Waals surface area contributed by atoms with Crippen LogP contribution in [-0.4, -0.2) is 27.1 Å². The molecule has 0 aromatic heterocycles. The molecule has 1 heterocycles. The van der Waals surface area contributed by atoms with Crippen LogP contribution in [0.1, 0.15) is 18.6 Å². The minimum Gasteiger partial charge on any atom is -0.750 e.